The van der Waals surface area contributed by atoms with Crippen LogP contribution in [0.15, 0.2) is 53.6 Å². The minimum absolute atomic E-state index is 0.0340. The molecule has 1 heterocycles. The number of benzene rings is 1. The van der Waals surface area contributed by atoms with Crippen molar-refractivity contribution in [3.05, 3.63) is 69.1 Å². The lowest BCUT2D eigenvalue weighted by Crippen LogP contribution is -2.13. The smallest absolute Gasteiger partial charge is 0.268 e. The Morgan fingerprint density at radius 1 is 1.24 bits per heavy atom. The molecule has 1 N–H and O–H groups in total. The normalized spacial score (nSPS) is 11.0. The van der Waals surface area contributed by atoms with Gasteiger partial charge in [-0.2, -0.15) is 5.10 Å². The zero-order chi connectivity index (χ0) is 15.1. The first kappa shape index (κ1) is 14.6. The van der Waals surface area contributed by atoms with Crippen LogP contribution in [0.5, 0.6) is 0 Å². The highest BCUT2D eigenvalue weighted by Crippen LogP contribution is 2.22. The molecule has 0 atom stereocenters. The fourth-order valence-electron chi connectivity index (χ4n) is 1.44. The molecule has 0 bridgehead atoms. The molecule has 106 valence electrons. The first-order chi connectivity index (χ1) is 10.1. The summed E-state index contributed by atoms with van der Waals surface area (Å²) in [6.07, 6.45) is 4.40. The third-order valence-corrected chi connectivity index (χ3v) is 3.36. The van der Waals surface area contributed by atoms with Crippen LogP contribution >= 0.6 is 11.3 Å². The van der Waals surface area contributed by atoms with Gasteiger partial charge in [-0.1, -0.05) is 41.7 Å². The van der Waals surface area contributed by atoms with Gasteiger partial charge in [0.2, 0.25) is 0 Å². The van der Waals surface area contributed by atoms with Gasteiger partial charge in [0.25, 0.3) is 5.91 Å². The Labute approximate surface area is 124 Å². The molecule has 2 rings (SSSR count). The van der Waals surface area contributed by atoms with Gasteiger partial charge in [0.1, 0.15) is 0 Å². The number of amides is 1. The number of hydrogen-bond donors (Lipinski definition) is 1. The predicted octanol–water partition coefficient (Wildman–Crippen LogP) is 2.82. The Balaban J connectivity index is 1.87. The lowest BCUT2D eigenvalue weighted by atomic mass is 10.2. The first-order valence-electron chi connectivity index (χ1n) is 5.95. The second kappa shape index (κ2) is 7.11. The summed E-state index contributed by atoms with van der Waals surface area (Å²) in [6, 6.07) is 12.3. The van der Waals surface area contributed by atoms with Crippen LogP contribution in [0.3, 0.4) is 0 Å². The molecular weight excluding hydrogens is 290 g/mol. The number of nitro groups is 1. The Kier molecular flexibility index (Phi) is 4.94. The number of hydrogen-bond acceptors (Lipinski definition) is 5. The van der Waals surface area contributed by atoms with Crippen LogP contribution in [0.2, 0.25) is 0 Å². The van der Waals surface area contributed by atoms with E-state index in [9.17, 15) is 14.9 Å². The minimum Gasteiger partial charge on any atom is -0.268 e. The number of carbonyl (C=O) groups is 1. The Bertz CT molecular complexity index is 692. The van der Waals surface area contributed by atoms with E-state index in [-0.39, 0.29) is 10.9 Å². The number of nitrogens with zero attached hydrogens (tertiary/aromatic N) is 2. The minimum atomic E-state index is -0.469. The SMILES string of the molecule is O=C(C=Cc1ccccc1)NN=Cc1ccc([N+](=O)[O-])s1. The van der Waals surface area contributed by atoms with Crippen LogP contribution in [0, 0.1) is 10.1 Å². The van der Waals surface area contributed by atoms with Gasteiger partial charge in [-0.05, 0) is 17.7 Å². The second-order valence-electron chi connectivity index (χ2n) is 3.91. The van der Waals surface area contributed by atoms with E-state index in [0.29, 0.717) is 4.88 Å². The summed E-state index contributed by atoms with van der Waals surface area (Å²) in [7, 11) is 0. The molecule has 0 spiro atoms. The van der Waals surface area contributed by atoms with Crippen molar-refractivity contribution in [2.24, 2.45) is 5.10 Å². The zero-order valence-electron chi connectivity index (χ0n) is 10.8. The quantitative estimate of drug-likeness (QED) is 0.399. The molecule has 0 fully saturated rings. The highest BCUT2D eigenvalue weighted by atomic mass is 32.1. The summed E-state index contributed by atoms with van der Waals surface area (Å²) in [4.78, 5) is 22.1. The molecule has 0 saturated heterocycles. The van der Waals surface area contributed by atoms with Gasteiger partial charge in [0.15, 0.2) is 0 Å². The topological polar surface area (TPSA) is 84.6 Å². The van der Waals surface area contributed by atoms with Crippen molar-refractivity contribution in [1.82, 2.24) is 5.43 Å². The van der Waals surface area contributed by atoms with E-state index < -0.39 is 4.92 Å². The van der Waals surface area contributed by atoms with Crippen molar-refractivity contribution in [2.75, 3.05) is 0 Å². The molecule has 0 unspecified atom stereocenters. The Morgan fingerprint density at radius 2 is 2.00 bits per heavy atom. The fourth-order valence-corrected chi connectivity index (χ4v) is 2.14. The van der Waals surface area contributed by atoms with Crippen LogP contribution in [-0.2, 0) is 4.79 Å². The monoisotopic (exact) mass is 301 g/mol. The molecule has 21 heavy (non-hydrogen) atoms. The van der Waals surface area contributed by atoms with Crippen LogP contribution in [0.1, 0.15) is 10.4 Å². The van der Waals surface area contributed by atoms with Crippen molar-refractivity contribution < 1.29 is 9.72 Å². The van der Waals surface area contributed by atoms with Crippen molar-refractivity contribution in [3.63, 3.8) is 0 Å². The summed E-state index contributed by atoms with van der Waals surface area (Å²) in [5.41, 5.74) is 3.23. The van der Waals surface area contributed by atoms with Crippen molar-refractivity contribution >= 4 is 34.5 Å². The summed E-state index contributed by atoms with van der Waals surface area (Å²) < 4.78 is 0. The van der Waals surface area contributed by atoms with E-state index in [0.717, 1.165) is 16.9 Å². The summed E-state index contributed by atoms with van der Waals surface area (Å²) in [5.74, 6) is -0.374. The first-order valence-corrected chi connectivity index (χ1v) is 6.77. The molecule has 0 saturated carbocycles. The highest BCUT2D eigenvalue weighted by molar-refractivity contribution is 7.16. The second-order valence-corrected chi connectivity index (χ2v) is 5.01. The molecule has 0 aliphatic carbocycles. The Hall–Kier alpha value is -2.80. The van der Waals surface area contributed by atoms with Gasteiger partial charge in [0.05, 0.1) is 16.0 Å². The average Bonchev–Trinajstić information content (AvgIpc) is 2.95. The van der Waals surface area contributed by atoms with Gasteiger partial charge < -0.3 is 0 Å². The molecule has 0 aliphatic heterocycles. The van der Waals surface area contributed by atoms with E-state index >= 15 is 0 Å². The van der Waals surface area contributed by atoms with Crippen LogP contribution in [-0.4, -0.2) is 17.0 Å². The number of nitrogens with one attached hydrogen (secondary N) is 1. The van der Waals surface area contributed by atoms with Gasteiger partial charge in [-0.3, -0.25) is 14.9 Å². The largest absolute Gasteiger partial charge is 0.324 e. The van der Waals surface area contributed by atoms with E-state index in [2.05, 4.69) is 10.5 Å². The molecule has 0 aliphatic rings. The predicted molar refractivity (Wildman–Crippen MR) is 82.2 cm³/mol. The molecular formula is C14H11N3O3S. The summed E-state index contributed by atoms with van der Waals surface area (Å²) in [6.45, 7) is 0. The van der Waals surface area contributed by atoms with E-state index in [4.69, 9.17) is 0 Å². The number of thiophene rings is 1. The lowest BCUT2D eigenvalue weighted by Gasteiger charge is -1.93. The summed E-state index contributed by atoms with van der Waals surface area (Å²) in [5, 5.41) is 14.3. The molecule has 7 heteroatoms. The molecule has 2 aromatic rings. The molecule has 0 radical (unpaired) electrons. The van der Waals surface area contributed by atoms with E-state index in [1.807, 2.05) is 30.3 Å². The number of carbonyl (C=O) groups excluding carboxylic acids is 1. The maximum atomic E-state index is 11.5. The average molecular weight is 301 g/mol. The molecule has 6 nitrogen and oxygen atoms in total. The van der Waals surface area contributed by atoms with Crippen molar-refractivity contribution in [2.45, 2.75) is 0 Å². The van der Waals surface area contributed by atoms with E-state index in [1.165, 1.54) is 18.4 Å². The van der Waals surface area contributed by atoms with Gasteiger partial charge >= 0.3 is 5.00 Å². The molecule has 1 aromatic carbocycles. The number of rotatable bonds is 5. The molecule has 1 aromatic heterocycles. The number of hydrazone groups is 1. The van der Waals surface area contributed by atoms with Gasteiger partial charge in [0, 0.05) is 12.1 Å². The maximum absolute atomic E-state index is 11.5. The molecule has 1 amide bonds. The maximum Gasteiger partial charge on any atom is 0.324 e. The zero-order valence-corrected chi connectivity index (χ0v) is 11.6. The third kappa shape index (κ3) is 4.66. The van der Waals surface area contributed by atoms with Gasteiger partial charge in [-0.15, -0.1) is 0 Å². The fraction of sp³-hybridized carbons (Fsp3) is 0. The van der Waals surface area contributed by atoms with Crippen molar-refractivity contribution in [1.29, 1.82) is 0 Å². The summed E-state index contributed by atoms with van der Waals surface area (Å²) >= 11 is 0.985. The lowest BCUT2D eigenvalue weighted by molar-refractivity contribution is -0.380. The highest BCUT2D eigenvalue weighted by Gasteiger charge is 2.07. The Morgan fingerprint density at radius 3 is 2.67 bits per heavy atom. The van der Waals surface area contributed by atoms with E-state index in [1.54, 1.807) is 12.1 Å². The van der Waals surface area contributed by atoms with Crippen LogP contribution in [0.4, 0.5) is 5.00 Å². The van der Waals surface area contributed by atoms with Gasteiger partial charge in [-0.25, -0.2) is 5.43 Å². The third-order valence-electron chi connectivity index (χ3n) is 2.39. The van der Waals surface area contributed by atoms with Crippen molar-refractivity contribution in [3.8, 4) is 0 Å². The van der Waals surface area contributed by atoms with Crippen LogP contribution < -0.4 is 5.43 Å². The standard InChI is InChI=1S/C14H11N3O3S/c18-13(8-6-11-4-2-1-3-5-11)16-15-10-12-7-9-14(21-12)17(19)20/h1-10H,(H,16,18). The van der Waals surface area contributed by atoms with Crippen LogP contribution in [0.25, 0.3) is 6.08 Å².